The second-order valence-electron chi connectivity index (χ2n) is 7.11. The fourth-order valence-corrected chi connectivity index (χ4v) is 3.12. The van der Waals surface area contributed by atoms with Gasteiger partial charge in [-0.25, -0.2) is 0 Å². The van der Waals surface area contributed by atoms with Crippen molar-refractivity contribution in [3.8, 4) is 22.9 Å². The Morgan fingerprint density at radius 3 is 2.62 bits per heavy atom. The molecule has 0 spiro atoms. The van der Waals surface area contributed by atoms with Gasteiger partial charge in [0.2, 0.25) is 17.6 Å². The number of ether oxygens (including phenoxy) is 2. The SMILES string of the molecule is Cc1ccc(-c2noc(CN(C)C(=O)CCc3ccc4c(c3)OCCO4)n2)cc1. The van der Waals surface area contributed by atoms with E-state index in [2.05, 4.69) is 10.1 Å². The lowest BCUT2D eigenvalue weighted by atomic mass is 10.1. The van der Waals surface area contributed by atoms with Gasteiger partial charge < -0.3 is 18.9 Å². The van der Waals surface area contributed by atoms with Gasteiger partial charge in [0, 0.05) is 19.0 Å². The number of aryl methyl sites for hydroxylation is 2. The number of amides is 1. The van der Waals surface area contributed by atoms with Crippen LogP contribution in [0.1, 0.15) is 23.4 Å². The van der Waals surface area contributed by atoms with Crippen molar-refractivity contribution >= 4 is 5.91 Å². The minimum absolute atomic E-state index is 0.00924. The summed E-state index contributed by atoms with van der Waals surface area (Å²) in [5, 5.41) is 4.01. The minimum Gasteiger partial charge on any atom is -0.486 e. The molecule has 1 aromatic heterocycles. The van der Waals surface area contributed by atoms with Gasteiger partial charge in [-0.15, -0.1) is 0 Å². The molecular formula is C22H23N3O4. The highest BCUT2D eigenvalue weighted by molar-refractivity contribution is 5.76. The van der Waals surface area contributed by atoms with Gasteiger partial charge in [-0.2, -0.15) is 4.98 Å². The van der Waals surface area contributed by atoms with E-state index in [0.717, 1.165) is 22.6 Å². The maximum Gasteiger partial charge on any atom is 0.246 e. The van der Waals surface area contributed by atoms with Crippen molar-refractivity contribution in [1.82, 2.24) is 15.0 Å². The topological polar surface area (TPSA) is 77.7 Å². The predicted molar refractivity (Wildman–Crippen MR) is 107 cm³/mol. The van der Waals surface area contributed by atoms with E-state index >= 15 is 0 Å². The Morgan fingerprint density at radius 1 is 1.07 bits per heavy atom. The van der Waals surface area contributed by atoms with Gasteiger partial charge in [-0.05, 0) is 31.0 Å². The molecule has 7 heteroatoms. The lowest BCUT2D eigenvalue weighted by molar-refractivity contribution is -0.130. The van der Waals surface area contributed by atoms with Crippen LogP contribution in [0.4, 0.5) is 0 Å². The molecule has 7 nitrogen and oxygen atoms in total. The van der Waals surface area contributed by atoms with Gasteiger partial charge in [0.05, 0.1) is 6.54 Å². The Balaban J connectivity index is 1.32. The summed E-state index contributed by atoms with van der Waals surface area (Å²) in [5.41, 5.74) is 3.09. The van der Waals surface area contributed by atoms with E-state index in [1.54, 1.807) is 11.9 Å². The summed E-state index contributed by atoms with van der Waals surface area (Å²) in [7, 11) is 1.74. The minimum atomic E-state index is 0.00924. The quantitative estimate of drug-likeness (QED) is 0.639. The molecule has 1 amide bonds. The summed E-state index contributed by atoms with van der Waals surface area (Å²) in [6.07, 6.45) is 1.01. The number of carbonyl (C=O) groups excluding carboxylic acids is 1. The number of aromatic nitrogens is 2. The molecule has 4 rings (SSSR count). The fourth-order valence-electron chi connectivity index (χ4n) is 3.12. The van der Waals surface area contributed by atoms with Crippen LogP contribution in [0.5, 0.6) is 11.5 Å². The van der Waals surface area contributed by atoms with Gasteiger partial charge in [0.25, 0.3) is 0 Å². The second-order valence-corrected chi connectivity index (χ2v) is 7.11. The molecule has 0 saturated heterocycles. The number of hydrogen-bond acceptors (Lipinski definition) is 6. The van der Waals surface area contributed by atoms with Gasteiger partial charge in [0.1, 0.15) is 13.2 Å². The largest absolute Gasteiger partial charge is 0.486 e. The molecule has 29 heavy (non-hydrogen) atoms. The molecule has 0 unspecified atom stereocenters. The van der Waals surface area contributed by atoms with Crippen LogP contribution in [0.3, 0.4) is 0 Å². The first-order valence-electron chi connectivity index (χ1n) is 9.60. The summed E-state index contributed by atoms with van der Waals surface area (Å²) in [4.78, 5) is 18.5. The normalized spacial score (nSPS) is 12.6. The van der Waals surface area contributed by atoms with E-state index in [1.807, 2.05) is 49.4 Å². The van der Waals surface area contributed by atoms with E-state index in [-0.39, 0.29) is 12.5 Å². The number of hydrogen-bond donors (Lipinski definition) is 0. The van der Waals surface area contributed by atoms with Crippen LogP contribution in [0.25, 0.3) is 11.4 Å². The van der Waals surface area contributed by atoms with E-state index in [0.29, 0.717) is 37.8 Å². The average molecular weight is 393 g/mol. The fraction of sp³-hybridized carbons (Fsp3) is 0.318. The third-order valence-corrected chi connectivity index (χ3v) is 4.81. The first kappa shape index (κ1) is 19.0. The second kappa shape index (κ2) is 8.34. The van der Waals surface area contributed by atoms with Crippen molar-refractivity contribution in [2.75, 3.05) is 20.3 Å². The Kier molecular flexibility index (Phi) is 5.46. The maximum atomic E-state index is 12.5. The molecule has 0 fully saturated rings. The predicted octanol–water partition coefficient (Wildman–Crippen LogP) is 3.41. The van der Waals surface area contributed by atoms with Gasteiger partial charge in [-0.1, -0.05) is 41.1 Å². The van der Waals surface area contributed by atoms with Crippen molar-refractivity contribution in [3.63, 3.8) is 0 Å². The highest BCUT2D eigenvalue weighted by Gasteiger charge is 2.16. The Morgan fingerprint density at radius 2 is 1.83 bits per heavy atom. The number of rotatable bonds is 6. The number of benzene rings is 2. The molecule has 0 saturated carbocycles. The molecule has 0 atom stereocenters. The molecule has 2 heterocycles. The Labute approximate surface area is 169 Å². The molecule has 3 aromatic rings. The van der Waals surface area contributed by atoms with Crippen LogP contribution in [0.15, 0.2) is 47.0 Å². The number of nitrogens with zero attached hydrogens (tertiary/aromatic N) is 3. The molecule has 0 radical (unpaired) electrons. The van der Waals surface area contributed by atoms with E-state index < -0.39 is 0 Å². The lowest BCUT2D eigenvalue weighted by Crippen LogP contribution is -2.26. The zero-order chi connectivity index (χ0) is 20.2. The van der Waals surface area contributed by atoms with Crippen molar-refractivity contribution in [2.24, 2.45) is 0 Å². The average Bonchev–Trinajstić information content (AvgIpc) is 3.20. The summed E-state index contributed by atoms with van der Waals surface area (Å²) in [6, 6.07) is 13.7. The van der Waals surface area contributed by atoms with Crippen LogP contribution in [-0.4, -0.2) is 41.2 Å². The molecule has 0 N–H and O–H groups in total. The molecular weight excluding hydrogens is 370 g/mol. The van der Waals surface area contributed by atoms with Crippen molar-refractivity contribution in [1.29, 1.82) is 0 Å². The zero-order valence-electron chi connectivity index (χ0n) is 16.6. The third kappa shape index (κ3) is 4.56. The van der Waals surface area contributed by atoms with Crippen molar-refractivity contribution < 1.29 is 18.8 Å². The zero-order valence-corrected chi connectivity index (χ0v) is 16.6. The Bertz CT molecular complexity index is 998. The summed E-state index contributed by atoms with van der Waals surface area (Å²) < 4.78 is 16.4. The lowest BCUT2D eigenvalue weighted by Gasteiger charge is -2.19. The number of carbonyl (C=O) groups is 1. The van der Waals surface area contributed by atoms with Crippen LogP contribution in [0.2, 0.25) is 0 Å². The van der Waals surface area contributed by atoms with Crippen LogP contribution >= 0.6 is 0 Å². The molecule has 0 aliphatic carbocycles. The van der Waals surface area contributed by atoms with Gasteiger partial charge in [0.15, 0.2) is 11.5 Å². The molecule has 1 aliphatic heterocycles. The van der Waals surface area contributed by atoms with Crippen molar-refractivity contribution in [2.45, 2.75) is 26.3 Å². The Hall–Kier alpha value is -3.35. The first-order valence-corrected chi connectivity index (χ1v) is 9.60. The van der Waals surface area contributed by atoms with E-state index in [1.165, 1.54) is 5.56 Å². The van der Waals surface area contributed by atoms with Crippen molar-refractivity contribution in [3.05, 3.63) is 59.5 Å². The summed E-state index contributed by atoms with van der Waals surface area (Å²) in [6.45, 7) is 3.42. The summed E-state index contributed by atoms with van der Waals surface area (Å²) >= 11 is 0. The van der Waals surface area contributed by atoms with E-state index in [4.69, 9.17) is 14.0 Å². The standard InChI is InChI=1S/C22H23N3O4/c1-15-3-7-17(8-4-15)22-23-20(29-24-22)14-25(2)21(26)10-6-16-5-9-18-19(13-16)28-12-11-27-18/h3-5,7-9,13H,6,10-12,14H2,1-2H3. The summed E-state index contributed by atoms with van der Waals surface area (Å²) in [5.74, 6) is 2.44. The highest BCUT2D eigenvalue weighted by Crippen LogP contribution is 2.31. The maximum absolute atomic E-state index is 12.5. The third-order valence-electron chi connectivity index (χ3n) is 4.81. The van der Waals surface area contributed by atoms with Gasteiger partial charge in [-0.3, -0.25) is 4.79 Å². The van der Waals surface area contributed by atoms with E-state index in [9.17, 15) is 4.79 Å². The molecule has 0 bridgehead atoms. The van der Waals surface area contributed by atoms with Crippen LogP contribution in [-0.2, 0) is 17.8 Å². The van der Waals surface area contributed by atoms with Gasteiger partial charge >= 0.3 is 0 Å². The smallest absolute Gasteiger partial charge is 0.246 e. The first-order chi connectivity index (χ1) is 14.1. The monoisotopic (exact) mass is 393 g/mol. The van der Waals surface area contributed by atoms with Crippen LogP contribution < -0.4 is 9.47 Å². The number of fused-ring (bicyclic) bond motifs is 1. The molecule has 150 valence electrons. The van der Waals surface area contributed by atoms with Crippen LogP contribution in [0, 0.1) is 6.92 Å². The molecule has 1 aliphatic rings. The molecule has 2 aromatic carbocycles. The highest BCUT2D eigenvalue weighted by atomic mass is 16.6.